The van der Waals surface area contributed by atoms with Gasteiger partial charge in [-0.15, -0.1) is 0 Å². The summed E-state index contributed by atoms with van der Waals surface area (Å²) in [4.78, 5) is 4.51. The fourth-order valence-corrected chi connectivity index (χ4v) is 1.65. The first-order chi connectivity index (χ1) is 7.85. The van der Waals surface area contributed by atoms with Crippen LogP contribution in [-0.2, 0) is 6.42 Å². The summed E-state index contributed by atoms with van der Waals surface area (Å²) >= 11 is 0. The van der Waals surface area contributed by atoms with Gasteiger partial charge >= 0.3 is 0 Å². The zero-order chi connectivity index (χ0) is 11.4. The molecule has 2 rings (SSSR count). The van der Waals surface area contributed by atoms with E-state index in [-0.39, 0.29) is 0 Å². The highest BCUT2D eigenvalue weighted by Gasteiger charge is 2.03. The normalized spacial score (nSPS) is 10.0. The second kappa shape index (κ2) is 4.63. The van der Waals surface area contributed by atoms with Gasteiger partial charge in [0.15, 0.2) is 0 Å². The van der Waals surface area contributed by atoms with Gasteiger partial charge in [0.05, 0.1) is 13.2 Å². The minimum Gasteiger partial charge on any atom is -0.494 e. The molecule has 0 fully saturated rings. The smallest absolute Gasteiger partial charge is 0.145 e. The lowest BCUT2D eigenvalue weighted by Gasteiger charge is -2.05. The van der Waals surface area contributed by atoms with Gasteiger partial charge in [0.1, 0.15) is 11.3 Å². The molecule has 1 heterocycles. The van der Waals surface area contributed by atoms with Gasteiger partial charge < -0.3 is 4.74 Å². The number of hydrogen-bond acceptors (Lipinski definition) is 3. The molecule has 0 spiro atoms. The van der Waals surface area contributed by atoms with Crippen LogP contribution in [0, 0.1) is 11.3 Å². The van der Waals surface area contributed by atoms with E-state index in [9.17, 15) is 0 Å². The first-order valence-corrected chi connectivity index (χ1v) is 5.15. The van der Waals surface area contributed by atoms with Crippen LogP contribution in [0.1, 0.15) is 12.1 Å². The standard InChI is InChI=1S/C13H12N2O/c1-16-12-6-2-4-10-7-8-11(5-3-9-14)15-13(10)12/h2,4,6-8H,3,5H2,1H3. The molecule has 0 aliphatic rings. The van der Waals surface area contributed by atoms with E-state index >= 15 is 0 Å². The highest BCUT2D eigenvalue weighted by atomic mass is 16.5. The van der Waals surface area contributed by atoms with Crippen molar-refractivity contribution in [2.24, 2.45) is 0 Å². The quantitative estimate of drug-likeness (QED) is 0.785. The fraction of sp³-hybridized carbons (Fsp3) is 0.231. The molecule has 3 heteroatoms. The number of hydrogen-bond donors (Lipinski definition) is 0. The van der Waals surface area contributed by atoms with Crippen molar-refractivity contribution in [3.05, 3.63) is 36.0 Å². The van der Waals surface area contributed by atoms with E-state index < -0.39 is 0 Å². The molecule has 0 saturated carbocycles. The maximum Gasteiger partial charge on any atom is 0.145 e. The van der Waals surface area contributed by atoms with Crippen LogP contribution in [0.3, 0.4) is 0 Å². The van der Waals surface area contributed by atoms with Crippen LogP contribution < -0.4 is 4.74 Å². The van der Waals surface area contributed by atoms with Crippen molar-refractivity contribution in [1.82, 2.24) is 4.98 Å². The Morgan fingerprint density at radius 1 is 1.31 bits per heavy atom. The van der Waals surface area contributed by atoms with Crippen molar-refractivity contribution in [3.63, 3.8) is 0 Å². The predicted octanol–water partition coefficient (Wildman–Crippen LogP) is 2.70. The molecule has 0 saturated heterocycles. The third kappa shape index (κ3) is 1.96. The van der Waals surface area contributed by atoms with Crippen LogP contribution in [0.4, 0.5) is 0 Å². The van der Waals surface area contributed by atoms with Crippen LogP contribution in [0.5, 0.6) is 5.75 Å². The monoisotopic (exact) mass is 212 g/mol. The number of methoxy groups -OCH3 is 1. The Labute approximate surface area is 94.3 Å². The SMILES string of the molecule is COc1cccc2ccc(CCC#N)nc12. The van der Waals surface area contributed by atoms with Gasteiger partial charge in [-0.25, -0.2) is 4.98 Å². The van der Waals surface area contributed by atoms with Crippen LogP contribution in [-0.4, -0.2) is 12.1 Å². The fourth-order valence-electron chi connectivity index (χ4n) is 1.65. The molecule has 80 valence electrons. The van der Waals surface area contributed by atoms with E-state index in [0.717, 1.165) is 22.3 Å². The highest BCUT2D eigenvalue weighted by molar-refractivity contribution is 5.84. The average Bonchev–Trinajstić information content (AvgIpc) is 2.35. The average molecular weight is 212 g/mol. The van der Waals surface area contributed by atoms with Crippen molar-refractivity contribution in [2.75, 3.05) is 7.11 Å². The van der Waals surface area contributed by atoms with E-state index in [1.807, 2.05) is 30.3 Å². The minimum absolute atomic E-state index is 0.494. The zero-order valence-electron chi connectivity index (χ0n) is 9.10. The number of rotatable bonds is 3. The van der Waals surface area contributed by atoms with Gasteiger partial charge in [-0.2, -0.15) is 5.26 Å². The molecule has 1 aromatic heterocycles. The summed E-state index contributed by atoms with van der Waals surface area (Å²) in [6.07, 6.45) is 1.18. The molecule has 0 aliphatic heterocycles. The number of aromatic nitrogens is 1. The predicted molar refractivity (Wildman–Crippen MR) is 62.2 cm³/mol. The van der Waals surface area contributed by atoms with Gasteiger partial charge in [0, 0.05) is 23.9 Å². The summed E-state index contributed by atoms with van der Waals surface area (Å²) in [6.45, 7) is 0. The number of fused-ring (bicyclic) bond motifs is 1. The molecular formula is C13H12N2O. The van der Waals surface area contributed by atoms with Crippen LogP contribution in [0.15, 0.2) is 30.3 Å². The van der Waals surface area contributed by atoms with E-state index in [0.29, 0.717) is 12.8 Å². The van der Waals surface area contributed by atoms with Crippen molar-refractivity contribution in [1.29, 1.82) is 5.26 Å². The van der Waals surface area contributed by atoms with Crippen molar-refractivity contribution in [3.8, 4) is 11.8 Å². The van der Waals surface area contributed by atoms with Gasteiger partial charge in [-0.05, 0) is 12.1 Å². The van der Waals surface area contributed by atoms with Crippen LogP contribution in [0.2, 0.25) is 0 Å². The molecule has 1 aromatic carbocycles. The minimum atomic E-state index is 0.494. The van der Waals surface area contributed by atoms with E-state index in [1.54, 1.807) is 7.11 Å². The number of aryl methyl sites for hydroxylation is 1. The highest BCUT2D eigenvalue weighted by Crippen LogP contribution is 2.23. The summed E-state index contributed by atoms with van der Waals surface area (Å²) in [5, 5.41) is 9.59. The molecule has 0 amide bonds. The van der Waals surface area contributed by atoms with Gasteiger partial charge in [0.2, 0.25) is 0 Å². The second-order valence-corrected chi connectivity index (χ2v) is 3.49. The Kier molecular flexibility index (Phi) is 3.02. The number of nitriles is 1. The van der Waals surface area contributed by atoms with Gasteiger partial charge in [-0.3, -0.25) is 0 Å². The van der Waals surface area contributed by atoms with E-state index in [1.165, 1.54) is 0 Å². The molecule has 16 heavy (non-hydrogen) atoms. The van der Waals surface area contributed by atoms with Crippen molar-refractivity contribution < 1.29 is 4.74 Å². The zero-order valence-corrected chi connectivity index (χ0v) is 9.10. The maximum atomic E-state index is 8.54. The lowest BCUT2D eigenvalue weighted by atomic mass is 10.1. The molecule has 0 aliphatic carbocycles. The van der Waals surface area contributed by atoms with E-state index in [4.69, 9.17) is 10.00 Å². The first kappa shape index (κ1) is 10.4. The topological polar surface area (TPSA) is 45.9 Å². The number of pyridine rings is 1. The lowest BCUT2D eigenvalue weighted by Crippen LogP contribution is -1.92. The van der Waals surface area contributed by atoms with Gasteiger partial charge in [0.25, 0.3) is 0 Å². The van der Waals surface area contributed by atoms with Gasteiger partial charge in [-0.1, -0.05) is 18.2 Å². The molecular weight excluding hydrogens is 200 g/mol. The number of benzene rings is 1. The third-order valence-electron chi connectivity index (χ3n) is 2.45. The molecule has 2 aromatic rings. The number of nitrogens with zero attached hydrogens (tertiary/aromatic N) is 2. The largest absolute Gasteiger partial charge is 0.494 e. The summed E-state index contributed by atoms with van der Waals surface area (Å²) in [5.74, 6) is 0.774. The number of para-hydroxylation sites is 1. The summed E-state index contributed by atoms with van der Waals surface area (Å²) < 4.78 is 5.26. The molecule has 3 nitrogen and oxygen atoms in total. The summed E-state index contributed by atoms with van der Waals surface area (Å²) in [6, 6.07) is 11.9. The van der Waals surface area contributed by atoms with Crippen molar-refractivity contribution in [2.45, 2.75) is 12.8 Å². The Morgan fingerprint density at radius 2 is 2.19 bits per heavy atom. The number of ether oxygens (including phenoxy) is 1. The Bertz CT molecular complexity index is 543. The molecule has 0 bridgehead atoms. The molecule has 0 atom stereocenters. The van der Waals surface area contributed by atoms with Crippen LogP contribution in [0.25, 0.3) is 10.9 Å². The summed E-state index contributed by atoms with van der Waals surface area (Å²) in [7, 11) is 1.64. The molecule has 0 radical (unpaired) electrons. The second-order valence-electron chi connectivity index (χ2n) is 3.49. The lowest BCUT2D eigenvalue weighted by molar-refractivity contribution is 0.419. The summed E-state index contributed by atoms with van der Waals surface area (Å²) in [5.41, 5.74) is 1.79. The Balaban J connectivity index is 2.47. The van der Waals surface area contributed by atoms with Crippen molar-refractivity contribution >= 4 is 10.9 Å². The Morgan fingerprint density at radius 3 is 2.94 bits per heavy atom. The molecule has 0 unspecified atom stereocenters. The Hall–Kier alpha value is -2.08. The third-order valence-corrected chi connectivity index (χ3v) is 2.45. The first-order valence-electron chi connectivity index (χ1n) is 5.15. The van der Waals surface area contributed by atoms with Crippen LogP contribution >= 0.6 is 0 Å². The molecule has 0 N–H and O–H groups in total. The maximum absolute atomic E-state index is 8.54. The van der Waals surface area contributed by atoms with E-state index in [2.05, 4.69) is 11.1 Å².